The highest BCUT2D eigenvalue weighted by Gasteiger charge is 2.14. The van der Waals surface area contributed by atoms with E-state index < -0.39 is 0 Å². The molecule has 0 aliphatic carbocycles. The van der Waals surface area contributed by atoms with Gasteiger partial charge >= 0.3 is 0 Å². The molecule has 0 bridgehead atoms. The van der Waals surface area contributed by atoms with Crippen LogP contribution in [-0.4, -0.2) is 9.97 Å². The number of halogens is 2. The van der Waals surface area contributed by atoms with Gasteiger partial charge in [0, 0.05) is 10.3 Å². The lowest BCUT2D eigenvalue weighted by molar-refractivity contribution is 1.23. The highest BCUT2D eigenvalue weighted by Crippen LogP contribution is 2.34. The van der Waals surface area contributed by atoms with Crippen LogP contribution in [0.3, 0.4) is 0 Å². The van der Waals surface area contributed by atoms with Gasteiger partial charge < -0.3 is 0 Å². The van der Waals surface area contributed by atoms with Crippen LogP contribution in [0.5, 0.6) is 0 Å². The quantitative estimate of drug-likeness (QED) is 0.546. The molecule has 0 N–H and O–H groups in total. The van der Waals surface area contributed by atoms with E-state index in [0.717, 1.165) is 15.8 Å². The van der Waals surface area contributed by atoms with E-state index in [-0.39, 0.29) is 0 Å². The second-order valence-electron chi connectivity index (χ2n) is 4.78. The summed E-state index contributed by atoms with van der Waals surface area (Å²) in [6.45, 7) is 6.14. The number of hydrogen-bond acceptors (Lipinski definition) is 3. The average Bonchev–Trinajstić information content (AvgIpc) is 2.74. The van der Waals surface area contributed by atoms with Crippen LogP contribution in [0.2, 0.25) is 10.2 Å². The fourth-order valence-corrected chi connectivity index (χ4v) is 3.60. The molecule has 2 aromatic heterocycles. The Labute approximate surface area is 131 Å². The molecule has 0 aliphatic heterocycles. The first-order valence-electron chi connectivity index (χ1n) is 6.17. The van der Waals surface area contributed by atoms with Crippen LogP contribution in [0.15, 0.2) is 18.2 Å². The van der Waals surface area contributed by atoms with Crippen molar-refractivity contribution in [1.29, 1.82) is 0 Å². The maximum absolute atomic E-state index is 6.33. The van der Waals surface area contributed by atoms with Gasteiger partial charge in [-0.2, -0.15) is 0 Å². The van der Waals surface area contributed by atoms with Crippen molar-refractivity contribution in [3.05, 3.63) is 44.4 Å². The Kier molecular flexibility index (Phi) is 3.44. The lowest BCUT2D eigenvalue weighted by Crippen LogP contribution is -1.93. The van der Waals surface area contributed by atoms with Gasteiger partial charge in [-0.25, -0.2) is 9.97 Å². The molecular weight excluding hydrogens is 311 g/mol. The minimum atomic E-state index is 0.453. The summed E-state index contributed by atoms with van der Waals surface area (Å²) < 4.78 is 0. The molecule has 3 aromatic rings. The Bertz CT molecular complexity index is 805. The molecule has 2 nitrogen and oxygen atoms in total. The lowest BCUT2D eigenvalue weighted by atomic mass is 10.1. The number of rotatable bonds is 1. The van der Waals surface area contributed by atoms with E-state index >= 15 is 0 Å². The third-order valence-electron chi connectivity index (χ3n) is 3.35. The molecule has 20 heavy (non-hydrogen) atoms. The average molecular weight is 323 g/mol. The highest BCUT2D eigenvalue weighted by molar-refractivity contribution is 7.15. The Morgan fingerprint density at radius 1 is 1.00 bits per heavy atom. The number of nitrogens with zero attached hydrogens (tertiary/aromatic N) is 2. The molecule has 0 spiro atoms. The van der Waals surface area contributed by atoms with Gasteiger partial charge in [0.2, 0.25) is 0 Å². The molecule has 0 saturated carbocycles. The van der Waals surface area contributed by atoms with Crippen molar-refractivity contribution in [3.63, 3.8) is 0 Å². The van der Waals surface area contributed by atoms with Crippen LogP contribution < -0.4 is 0 Å². The summed E-state index contributed by atoms with van der Waals surface area (Å²) in [6.07, 6.45) is 0. The summed E-state index contributed by atoms with van der Waals surface area (Å²) in [4.78, 5) is 11.3. The number of thiophene rings is 1. The number of hydrogen-bond donors (Lipinski definition) is 0. The zero-order valence-electron chi connectivity index (χ0n) is 11.3. The van der Waals surface area contributed by atoms with Crippen molar-refractivity contribution in [2.75, 3.05) is 0 Å². The molecule has 102 valence electrons. The number of aromatic nitrogens is 2. The van der Waals surface area contributed by atoms with Crippen LogP contribution in [0.25, 0.3) is 21.6 Å². The van der Waals surface area contributed by atoms with Gasteiger partial charge in [0.1, 0.15) is 5.15 Å². The summed E-state index contributed by atoms with van der Waals surface area (Å²) >= 11 is 14.3. The summed E-state index contributed by atoms with van der Waals surface area (Å²) in [5, 5.41) is 1.88. The topological polar surface area (TPSA) is 25.8 Å². The fourth-order valence-electron chi connectivity index (χ4n) is 2.11. The molecule has 1 aromatic carbocycles. The Balaban J connectivity index is 2.32. The Morgan fingerprint density at radius 3 is 2.40 bits per heavy atom. The SMILES string of the molecule is Cc1cc(-c2nc(Cl)c3c(C)ccc(Cl)c3n2)sc1C. The first kappa shape index (κ1) is 13.8. The highest BCUT2D eigenvalue weighted by atomic mass is 35.5. The van der Waals surface area contributed by atoms with Crippen molar-refractivity contribution in [3.8, 4) is 10.7 Å². The summed E-state index contributed by atoms with van der Waals surface area (Å²) in [7, 11) is 0. The predicted octanol–water partition coefficient (Wildman–Crippen LogP) is 5.59. The van der Waals surface area contributed by atoms with E-state index in [1.807, 2.05) is 19.1 Å². The molecule has 0 saturated heterocycles. The Morgan fingerprint density at radius 2 is 1.75 bits per heavy atom. The van der Waals surface area contributed by atoms with Crippen molar-refractivity contribution >= 4 is 45.4 Å². The zero-order valence-corrected chi connectivity index (χ0v) is 13.6. The molecule has 0 amide bonds. The van der Waals surface area contributed by atoms with Gasteiger partial charge in [0.15, 0.2) is 5.82 Å². The molecular formula is C15H12Cl2N2S. The zero-order chi connectivity index (χ0) is 14.4. The molecule has 0 radical (unpaired) electrons. The van der Waals surface area contributed by atoms with E-state index in [4.69, 9.17) is 23.2 Å². The number of benzene rings is 1. The second-order valence-corrected chi connectivity index (χ2v) is 6.80. The molecule has 3 rings (SSSR count). The van der Waals surface area contributed by atoms with Crippen molar-refractivity contribution < 1.29 is 0 Å². The van der Waals surface area contributed by atoms with Gasteiger partial charge in [-0.15, -0.1) is 11.3 Å². The van der Waals surface area contributed by atoms with Crippen LogP contribution in [0.4, 0.5) is 0 Å². The van der Waals surface area contributed by atoms with E-state index in [1.54, 1.807) is 11.3 Å². The summed E-state index contributed by atoms with van der Waals surface area (Å²) in [6, 6.07) is 5.86. The molecule has 5 heteroatoms. The molecule has 0 atom stereocenters. The monoisotopic (exact) mass is 322 g/mol. The van der Waals surface area contributed by atoms with Crippen LogP contribution in [0, 0.1) is 20.8 Å². The van der Waals surface area contributed by atoms with E-state index in [2.05, 4.69) is 29.9 Å². The second kappa shape index (κ2) is 4.99. The van der Waals surface area contributed by atoms with E-state index in [0.29, 0.717) is 21.5 Å². The third-order valence-corrected chi connectivity index (χ3v) is 5.08. The van der Waals surface area contributed by atoms with Gasteiger partial charge in [-0.3, -0.25) is 0 Å². The molecule has 0 unspecified atom stereocenters. The minimum Gasteiger partial charge on any atom is -0.226 e. The van der Waals surface area contributed by atoms with Crippen LogP contribution in [0.1, 0.15) is 16.0 Å². The van der Waals surface area contributed by atoms with Crippen LogP contribution in [-0.2, 0) is 0 Å². The first-order chi connectivity index (χ1) is 9.47. The van der Waals surface area contributed by atoms with Crippen LogP contribution >= 0.6 is 34.5 Å². The van der Waals surface area contributed by atoms with Gasteiger partial charge in [0.25, 0.3) is 0 Å². The number of aryl methyl sites for hydroxylation is 3. The third kappa shape index (κ3) is 2.20. The molecule has 0 fully saturated rings. The van der Waals surface area contributed by atoms with Gasteiger partial charge in [-0.05, 0) is 44.0 Å². The fraction of sp³-hybridized carbons (Fsp3) is 0.200. The maximum Gasteiger partial charge on any atom is 0.171 e. The maximum atomic E-state index is 6.33. The van der Waals surface area contributed by atoms with Crippen molar-refractivity contribution in [2.45, 2.75) is 20.8 Å². The van der Waals surface area contributed by atoms with Crippen molar-refractivity contribution in [2.24, 2.45) is 0 Å². The van der Waals surface area contributed by atoms with Crippen molar-refractivity contribution in [1.82, 2.24) is 9.97 Å². The molecule has 2 heterocycles. The summed E-state index contributed by atoms with van der Waals surface area (Å²) in [5.74, 6) is 0.635. The van der Waals surface area contributed by atoms with E-state index in [9.17, 15) is 0 Å². The van der Waals surface area contributed by atoms with Gasteiger partial charge in [0.05, 0.1) is 15.4 Å². The standard InChI is InChI=1S/C15H12Cl2N2S/c1-7-4-5-10(16)13-12(7)14(17)19-15(18-13)11-6-8(2)9(3)20-11/h4-6H,1-3H3. The summed E-state index contributed by atoms with van der Waals surface area (Å²) in [5.41, 5.74) is 2.98. The smallest absolute Gasteiger partial charge is 0.171 e. The normalized spacial score (nSPS) is 11.2. The largest absolute Gasteiger partial charge is 0.226 e. The lowest BCUT2D eigenvalue weighted by Gasteiger charge is -2.07. The first-order valence-corrected chi connectivity index (χ1v) is 7.74. The minimum absolute atomic E-state index is 0.453. The predicted molar refractivity (Wildman–Crippen MR) is 87.1 cm³/mol. The van der Waals surface area contributed by atoms with E-state index in [1.165, 1.54) is 10.4 Å². The molecule has 0 aliphatic rings. The number of fused-ring (bicyclic) bond motifs is 1. The van der Waals surface area contributed by atoms with Gasteiger partial charge in [-0.1, -0.05) is 29.3 Å². The Hall–Kier alpha value is -1.16.